The predicted molar refractivity (Wildman–Crippen MR) is 143 cm³/mol. The van der Waals surface area contributed by atoms with Gasteiger partial charge in [0.15, 0.2) is 11.5 Å². The lowest BCUT2D eigenvalue weighted by Crippen LogP contribution is -2.36. The van der Waals surface area contributed by atoms with E-state index in [1.807, 2.05) is 60.7 Å². The highest BCUT2D eigenvalue weighted by atomic mass is 16.7. The van der Waals surface area contributed by atoms with E-state index in [1.165, 1.54) is 19.3 Å². The van der Waals surface area contributed by atoms with Crippen LogP contribution in [0.2, 0.25) is 0 Å². The number of aryl methyl sites for hydroxylation is 1. The Morgan fingerprint density at radius 1 is 0.865 bits per heavy atom. The fraction of sp³-hybridized carbons (Fsp3) is 0.355. The standard InChI is InChI=1S/C31H32N2O4/c1-20-7-13-25(33-30(35)31(15-16-31)23-12-14-27-28(17-23)37-19-36-27)18-26(20)21-8-10-22(11-9-21)29(34)32-24-5-3-2-4-6-24/h7-14,17-18,24H,2-6,15-16,19H2,1H3,(H,32,34)(H,33,35). The summed E-state index contributed by atoms with van der Waals surface area (Å²) < 4.78 is 10.9. The Kier molecular flexibility index (Phi) is 6.11. The van der Waals surface area contributed by atoms with Crippen molar-refractivity contribution in [3.63, 3.8) is 0 Å². The highest BCUT2D eigenvalue weighted by molar-refractivity contribution is 6.02. The van der Waals surface area contributed by atoms with E-state index < -0.39 is 5.41 Å². The van der Waals surface area contributed by atoms with Crippen molar-refractivity contribution >= 4 is 17.5 Å². The number of benzene rings is 3. The third-order valence-electron chi connectivity index (χ3n) is 8.00. The number of hydrogen-bond acceptors (Lipinski definition) is 4. The van der Waals surface area contributed by atoms with Gasteiger partial charge in [-0.05, 0) is 91.3 Å². The summed E-state index contributed by atoms with van der Waals surface area (Å²) in [7, 11) is 0. The minimum atomic E-state index is -0.528. The van der Waals surface area contributed by atoms with E-state index in [4.69, 9.17) is 9.47 Å². The molecule has 0 atom stereocenters. The maximum Gasteiger partial charge on any atom is 0.251 e. The predicted octanol–water partition coefficient (Wildman–Crippen LogP) is 6.12. The average molecular weight is 497 g/mol. The molecule has 3 aliphatic rings. The molecule has 0 saturated heterocycles. The molecule has 6 heteroatoms. The summed E-state index contributed by atoms with van der Waals surface area (Å²) in [6, 6.07) is 19.8. The Morgan fingerprint density at radius 2 is 1.62 bits per heavy atom. The molecule has 1 aliphatic heterocycles. The van der Waals surface area contributed by atoms with E-state index in [2.05, 4.69) is 17.6 Å². The zero-order valence-electron chi connectivity index (χ0n) is 21.1. The second-order valence-electron chi connectivity index (χ2n) is 10.5. The van der Waals surface area contributed by atoms with Gasteiger partial charge in [0, 0.05) is 17.3 Å². The normalized spacial score (nSPS) is 17.8. The molecule has 2 fully saturated rings. The van der Waals surface area contributed by atoms with Crippen molar-refractivity contribution in [1.29, 1.82) is 0 Å². The molecule has 3 aromatic rings. The Hall–Kier alpha value is -3.80. The summed E-state index contributed by atoms with van der Waals surface area (Å²) in [5.74, 6) is 1.41. The third kappa shape index (κ3) is 4.68. The topological polar surface area (TPSA) is 76.7 Å². The van der Waals surface area contributed by atoms with Gasteiger partial charge in [0.05, 0.1) is 5.41 Å². The first kappa shape index (κ1) is 23.6. The fourth-order valence-corrected chi connectivity index (χ4v) is 5.54. The van der Waals surface area contributed by atoms with Crippen molar-refractivity contribution in [3.05, 3.63) is 77.4 Å². The Labute approximate surface area is 217 Å². The molecule has 37 heavy (non-hydrogen) atoms. The van der Waals surface area contributed by atoms with Crippen molar-refractivity contribution in [1.82, 2.24) is 5.32 Å². The molecule has 0 bridgehead atoms. The lowest BCUT2D eigenvalue weighted by Gasteiger charge is -2.22. The van der Waals surface area contributed by atoms with E-state index in [9.17, 15) is 9.59 Å². The van der Waals surface area contributed by atoms with Gasteiger partial charge in [-0.15, -0.1) is 0 Å². The van der Waals surface area contributed by atoms with Crippen LogP contribution in [0.15, 0.2) is 60.7 Å². The molecule has 0 unspecified atom stereocenters. The lowest BCUT2D eigenvalue weighted by molar-refractivity contribution is -0.118. The van der Waals surface area contributed by atoms with Gasteiger partial charge >= 0.3 is 0 Å². The number of hydrogen-bond donors (Lipinski definition) is 2. The summed E-state index contributed by atoms with van der Waals surface area (Å²) in [4.78, 5) is 26.1. The molecule has 6 nitrogen and oxygen atoms in total. The first-order valence-corrected chi connectivity index (χ1v) is 13.3. The Morgan fingerprint density at radius 3 is 2.38 bits per heavy atom. The summed E-state index contributed by atoms with van der Waals surface area (Å²) >= 11 is 0. The van der Waals surface area contributed by atoms with Gasteiger partial charge < -0.3 is 20.1 Å². The molecule has 0 spiro atoms. The fourth-order valence-electron chi connectivity index (χ4n) is 5.54. The average Bonchev–Trinajstić information content (AvgIpc) is 3.61. The molecule has 6 rings (SSSR count). The SMILES string of the molecule is Cc1ccc(NC(=O)C2(c3ccc4c(c3)OCO4)CC2)cc1-c1ccc(C(=O)NC2CCCCC2)cc1. The van der Waals surface area contributed by atoms with Gasteiger partial charge in [-0.2, -0.15) is 0 Å². The molecule has 0 aromatic heterocycles. The molecular weight excluding hydrogens is 464 g/mol. The zero-order valence-corrected chi connectivity index (χ0v) is 21.1. The largest absolute Gasteiger partial charge is 0.454 e. The van der Waals surface area contributed by atoms with Crippen LogP contribution in [0.3, 0.4) is 0 Å². The highest BCUT2D eigenvalue weighted by Crippen LogP contribution is 2.51. The Bertz CT molecular complexity index is 1340. The maximum absolute atomic E-state index is 13.4. The van der Waals surface area contributed by atoms with Crippen LogP contribution in [0.4, 0.5) is 5.69 Å². The number of fused-ring (bicyclic) bond motifs is 1. The second-order valence-corrected chi connectivity index (χ2v) is 10.5. The van der Waals surface area contributed by atoms with Crippen LogP contribution in [0.1, 0.15) is 66.4 Å². The van der Waals surface area contributed by atoms with Gasteiger partial charge in [0.25, 0.3) is 5.91 Å². The molecule has 1 heterocycles. The lowest BCUT2D eigenvalue weighted by atomic mass is 9.94. The van der Waals surface area contributed by atoms with Crippen molar-refractivity contribution in [2.45, 2.75) is 63.3 Å². The van der Waals surface area contributed by atoms with Gasteiger partial charge in [0.2, 0.25) is 12.7 Å². The summed E-state index contributed by atoms with van der Waals surface area (Å²) in [6.45, 7) is 2.27. The van der Waals surface area contributed by atoms with E-state index in [0.717, 1.165) is 59.4 Å². The molecular formula is C31H32N2O4. The molecule has 2 saturated carbocycles. The van der Waals surface area contributed by atoms with Gasteiger partial charge in [-0.3, -0.25) is 9.59 Å². The first-order valence-electron chi connectivity index (χ1n) is 13.3. The van der Waals surface area contributed by atoms with E-state index >= 15 is 0 Å². The monoisotopic (exact) mass is 496 g/mol. The van der Waals surface area contributed by atoms with E-state index in [1.54, 1.807) is 0 Å². The second kappa shape index (κ2) is 9.58. The number of anilines is 1. The molecule has 190 valence electrons. The number of ether oxygens (including phenoxy) is 2. The number of carbonyl (C=O) groups is 2. The number of rotatable bonds is 6. The Balaban J connectivity index is 1.17. The van der Waals surface area contributed by atoms with Crippen LogP contribution < -0.4 is 20.1 Å². The van der Waals surface area contributed by atoms with Crippen molar-refractivity contribution in [2.75, 3.05) is 12.1 Å². The van der Waals surface area contributed by atoms with Gasteiger partial charge in [-0.1, -0.05) is 43.5 Å². The first-order chi connectivity index (χ1) is 18.0. The summed E-state index contributed by atoms with van der Waals surface area (Å²) in [6.07, 6.45) is 7.39. The van der Waals surface area contributed by atoms with Crippen LogP contribution in [-0.4, -0.2) is 24.6 Å². The minimum Gasteiger partial charge on any atom is -0.454 e. The quantitative estimate of drug-likeness (QED) is 0.431. The van der Waals surface area contributed by atoms with Crippen LogP contribution in [0, 0.1) is 6.92 Å². The van der Waals surface area contributed by atoms with E-state index in [-0.39, 0.29) is 24.6 Å². The smallest absolute Gasteiger partial charge is 0.251 e. The molecule has 0 radical (unpaired) electrons. The molecule has 2 aliphatic carbocycles. The van der Waals surface area contributed by atoms with Crippen LogP contribution in [0.25, 0.3) is 11.1 Å². The van der Waals surface area contributed by atoms with E-state index in [0.29, 0.717) is 11.3 Å². The van der Waals surface area contributed by atoms with Crippen molar-refractivity contribution in [3.8, 4) is 22.6 Å². The maximum atomic E-state index is 13.4. The third-order valence-corrected chi connectivity index (χ3v) is 8.00. The summed E-state index contributed by atoms with van der Waals surface area (Å²) in [5, 5.41) is 6.33. The number of amides is 2. The van der Waals surface area contributed by atoms with Crippen LogP contribution >= 0.6 is 0 Å². The highest BCUT2D eigenvalue weighted by Gasteiger charge is 2.51. The van der Waals surface area contributed by atoms with Crippen molar-refractivity contribution in [2.24, 2.45) is 0 Å². The number of nitrogens with one attached hydrogen (secondary N) is 2. The van der Waals surface area contributed by atoms with Gasteiger partial charge in [0.1, 0.15) is 0 Å². The van der Waals surface area contributed by atoms with Crippen LogP contribution in [-0.2, 0) is 10.2 Å². The zero-order chi connectivity index (χ0) is 25.4. The molecule has 3 aromatic carbocycles. The molecule has 2 N–H and O–H groups in total. The molecule has 2 amide bonds. The number of carbonyl (C=O) groups excluding carboxylic acids is 2. The van der Waals surface area contributed by atoms with Gasteiger partial charge in [-0.25, -0.2) is 0 Å². The van der Waals surface area contributed by atoms with Crippen LogP contribution in [0.5, 0.6) is 11.5 Å². The van der Waals surface area contributed by atoms with Crippen molar-refractivity contribution < 1.29 is 19.1 Å². The summed E-state index contributed by atoms with van der Waals surface area (Å²) in [5.41, 5.74) is 5.02. The minimum absolute atomic E-state index is 0.00380.